The minimum Gasteiger partial charge on any atom is -0.383 e. The van der Waals surface area contributed by atoms with E-state index in [-0.39, 0.29) is 0 Å². The number of rotatable bonds is 7. The summed E-state index contributed by atoms with van der Waals surface area (Å²) in [5, 5.41) is 12.9. The summed E-state index contributed by atoms with van der Waals surface area (Å²) in [4.78, 5) is 0. The number of aromatic nitrogens is 2. The maximum absolute atomic E-state index is 6.24. The normalized spacial score (nSPS) is 11.0. The van der Waals surface area contributed by atoms with Gasteiger partial charge in [-0.2, -0.15) is 10.2 Å². The van der Waals surface area contributed by atoms with Gasteiger partial charge in [0.2, 0.25) is 0 Å². The summed E-state index contributed by atoms with van der Waals surface area (Å²) >= 11 is 11.4. The van der Waals surface area contributed by atoms with Gasteiger partial charge in [-0.3, -0.25) is 10.1 Å². The Labute approximate surface area is 158 Å². The number of halogens is 1. The number of hydrogen-bond donors (Lipinski definition) is 2. The first-order valence-corrected chi connectivity index (χ1v) is 8.64. The Morgan fingerprint density at radius 2 is 2.16 bits per heavy atom. The highest BCUT2D eigenvalue weighted by Gasteiger charge is 2.11. The van der Waals surface area contributed by atoms with Crippen LogP contribution in [0.5, 0.6) is 0 Å². The summed E-state index contributed by atoms with van der Waals surface area (Å²) in [5.74, 6) is 0. The smallest absolute Gasteiger partial charge is 0.187 e. The van der Waals surface area contributed by atoms with Crippen LogP contribution in [0.25, 0.3) is 0 Å². The largest absolute Gasteiger partial charge is 0.383 e. The topological polar surface area (TPSA) is 63.5 Å². The molecule has 6 nitrogen and oxygen atoms in total. The number of benzene rings is 1. The van der Waals surface area contributed by atoms with E-state index in [4.69, 9.17) is 28.6 Å². The van der Waals surface area contributed by atoms with E-state index in [0.29, 0.717) is 24.8 Å². The second-order valence-electron chi connectivity index (χ2n) is 5.45. The minimum absolute atomic E-state index is 0.451. The monoisotopic (exact) mass is 379 g/mol. The lowest BCUT2D eigenvalue weighted by Gasteiger charge is -2.07. The molecule has 0 aliphatic heterocycles. The van der Waals surface area contributed by atoms with Crippen LogP contribution in [-0.2, 0) is 11.3 Å². The summed E-state index contributed by atoms with van der Waals surface area (Å²) in [7, 11) is 1.64. The summed E-state index contributed by atoms with van der Waals surface area (Å²) < 4.78 is 6.87. The van der Waals surface area contributed by atoms with Crippen LogP contribution >= 0.6 is 23.8 Å². The summed E-state index contributed by atoms with van der Waals surface area (Å²) in [6.07, 6.45) is 1.73. The molecule has 0 spiro atoms. The van der Waals surface area contributed by atoms with Crippen LogP contribution in [-0.4, -0.2) is 41.4 Å². The van der Waals surface area contributed by atoms with Crippen molar-refractivity contribution in [3.05, 3.63) is 51.8 Å². The summed E-state index contributed by atoms with van der Waals surface area (Å²) in [6.45, 7) is 5.79. The lowest BCUT2D eigenvalue weighted by atomic mass is 10.2. The highest BCUT2D eigenvalue weighted by atomic mass is 35.5. The van der Waals surface area contributed by atoms with Crippen molar-refractivity contribution in [1.29, 1.82) is 0 Å². The molecule has 134 valence electrons. The molecular formula is C17H22ClN5OS. The number of thiocarbonyl (C=S) groups is 1. The van der Waals surface area contributed by atoms with E-state index >= 15 is 0 Å². The average molecular weight is 380 g/mol. The maximum Gasteiger partial charge on any atom is 0.187 e. The van der Waals surface area contributed by atoms with Crippen molar-refractivity contribution < 1.29 is 4.74 Å². The molecule has 2 N–H and O–H groups in total. The Morgan fingerprint density at radius 3 is 2.88 bits per heavy atom. The molecule has 0 unspecified atom stereocenters. The van der Waals surface area contributed by atoms with Crippen LogP contribution in [0.2, 0.25) is 5.02 Å². The quantitative estimate of drug-likeness (QED) is 0.335. The van der Waals surface area contributed by atoms with E-state index in [0.717, 1.165) is 27.5 Å². The SMILES string of the molecule is COCCNC(=S)N/N=C\c1c(C)nn(Cc2ccccc2Cl)c1C. The van der Waals surface area contributed by atoms with Gasteiger partial charge in [-0.25, -0.2) is 0 Å². The number of hydrazone groups is 1. The zero-order valence-electron chi connectivity index (χ0n) is 14.5. The second-order valence-corrected chi connectivity index (χ2v) is 6.27. The molecule has 0 atom stereocenters. The van der Waals surface area contributed by atoms with Gasteiger partial charge >= 0.3 is 0 Å². The zero-order valence-corrected chi connectivity index (χ0v) is 16.1. The third kappa shape index (κ3) is 5.52. The Hall–Kier alpha value is -1.96. The van der Waals surface area contributed by atoms with Gasteiger partial charge in [0.05, 0.1) is 25.1 Å². The summed E-state index contributed by atoms with van der Waals surface area (Å²) in [6, 6.07) is 7.77. The lowest BCUT2D eigenvalue weighted by molar-refractivity contribution is 0.204. The van der Waals surface area contributed by atoms with Crippen molar-refractivity contribution in [2.24, 2.45) is 5.10 Å². The fourth-order valence-corrected chi connectivity index (χ4v) is 2.65. The molecule has 0 radical (unpaired) electrons. The van der Waals surface area contributed by atoms with Gasteiger partial charge in [-0.15, -0.1) is 0 Å². The van der Waals surface area contributed by atoms with Crippen LogP contribution in [0.15, 0.2) is 29.4 Å². The van der Waals surface area contributed by atoms with E-state index in [2.05, 4.69) is 20.9 Å². The number of hydrogen-bond acceptors (Lipinski definition) is 4. The van der Waals surface area contributed by atoms with Crippen LogP contribution in [0.1, 0.15) is 22.5 Å². The molecule has 1 heterocycles. The van der Waals surface area contributed by atoms with Crippen molar-refractivity contribution in [3.8, 4) is 0 Å². The second kappa shape index (κ2) is 9.50. The van der Waals surface area contributed by atoms with Gasteiger partial charge in [0.15, 0.2) is 5.11 Å². The van der Waals surface area contributed by atoms with Crippen LogP contribution < -0.4 is 10.7 Å². The van der Waals surface area contributed by atoms with Crippen LogP contribution in [0.4, 0.5) is 0 Å². The first-order chi connectivity index (χ1) is 12.0. The number of nitrogens with one attached hydrogen (secondary N) is 2. The Kier molecular flexibility index (Phi) is 7.36. The van der Waals surface area contributed by atoms with Gasteiger partial charge in [0, 0.05) is 29.9 Å². The van der Waals surface area contributed by atoms with Gasteiger partial charge in [0.1, 0.15) is 0 Å². The molecule has 1 aromatic heterocycles. The van der Waals surface area contributed by atoms with Crippen LogP contribution in [0.3, 0.4) is 0 Å². The molecule has 2 aromatic rings. The predicted octanol–water partition coefficient (Wildman–Crippen LogP) is 2.65. The number of ether oxygens (including phenoxy) is 1. The van der Waals surface area contributed by atoms with Gasteiger partial charge in [-0.1, -0.05) is 29.8 Å². The lowest BCUT2D eigenvalue weighted by Crippen LogP contribution is -2.34. The number of aryl methyl sites for hydroxylation is 1. The first-order valence-electron chi connectivity index (χ1n) is 7.86. The number of methoxy groups -OCH3 is 1. The third-order valence-electron chi connectivity index (χ3n) is 3.67. The average Bonchev–Trinajstić information content (AvgIpc) is 2.84. The Morgan fingerprint density at radius 1 is 1.40 bits per heavy atom. The van der Waals surface area contributed by atoms with Gasteiger partial charge < -0.3 is 10.1 Å². The molecule has 2 rings (SSSR count). The number of nitrogens with zero attached hydrogens (tertiary/aromatic N) is 3. The molecule has 0 fully saturated rings. The standard InChI is InChI=1S/C17H22ClN5OS/c1-12-15(10-20-21-17(25)19-8-9-24-3)13(2)23(22-12)11-14-6-4-5-7-16(14)18/h4-7,10H,8-9,11H2,1-3H3,(H2,19,21,25)/b20-10-. The molecule has 1 aromatic carbocycles. The van der Waals surface area contributed by atoms with Crippen molar-refractivity contribution in [2.75, 3.05) is 20.3 Å². The van der Waals surface area contributed by atoms with Gasteiger partial charge in [0.25, 0.3) is 0 Å². The van der Waals surface area contributed by atoms with E-state index < -0.39 is 0 Å². The molecule has 0 aliphatic carbocycles. The molecule has 0 aliphatic rings. The van der Waals surface area contributed by atoms with Crippen molar-refractivity contribution in [2.45, 2.75) is 20.4 Å². The molecule has 0 saturated heterocycles. The van der Waals surface area contributed by atoms with Crippen LogP contribution in [0, 0.1) is 13.8 Å². The molecule has 8 heteroatoms. The highest BCUT2D eigenvalue weighted by molar-refractivity contribution is 7.80. The third-order valence-corrected chi connectivity index (χ3v) is 4.27. The van der Waals surface area contributed by atoms with E-state index in [1.165, 1.54) is 0 Å². The first kappa shape index (κ1) is 19.4. The van der Waals surface area contributed by atoms with Gasteiger partial charge in [-0.05, 0) is 37.7 Å². The Bertz CT molecular complexity index is 759. The van der Waals surface area contributed by atoms with Crippen molar-refractivity contribution in [1.82, 2.24) is 20.5 Å². The van der Waals surface area contributed by atoms with E-state index in [9.17, 15) is 0 Å². The zero-order chi connectivity index (χ0) is 18.2. The highest BCUT2D eigenvalue weighted by Crippen LogP contribution is 2.18. The fraction of sp³-hybridized carbons (Fsp3) is 0.353. The molecule has 25 heavy (non-hydrogen) atoms. The van der Waals surface area contributed by atoms with E-state index in [1.807, 2.05) is 42.8 Å². The molecule has 0 amide bonds. The summed E-state index contributed by atoms with van der Waals surface area (Å²) in [5.41, 5.74) is 6.69. The van der Waals surface area contributed by atoms with Crippen molar-refractivity contribution >= 4 is 35.1 Å². The van der Waals surface area contributed by atoms with Crippen molar-refractivity contribution in [3.63, 3.8) is 0 Å². The fourth-order valence-electron chi connectivity index (χ4n) is 2.30. The maximum atomic E-state index is 6.24. The Balaban J connectivity index is 2.03. The minimum atomic E-state index is 0.451. The molecule has 0 saturated carbocycles. The molecular weight excluding hydrogens is 358 g/mol. The van der Waals surface area contributed by atoms with E-state index in [1.54, 1.807) is 13.3 Å². The predicted molar refractivity (Wildman–Crippen MR) is 105 cm³/mol. The molecule has 0 bridgehead atoms.